The monoisotopic (exact) mass is 244 g/mol. The fraction of sp³-hybridized carbons (Fsp3) is 0.222. The van der Waals surface area contributed by atoms with E-state index in [0.29, 0.717) is 5.56 Å². The molecule has 0 heterocycles. The zero-order valence-electron chi connectivity index (χ0n) is 6.71. The minimum Gasteiger partial charge on any atom is -0.281 e. The number of hydrogen-bond donors (Lipinski definition) is 0. The highest BCUT2D eigenvalue weighted by molar-refractivity contribution is 9.18. The quantitative estimate of drug-likeness (QED) is 0.600. The zero-order valence-corrected chi connectivity index (χ0v) is 9.11. The van der Waals surface area contributed by atoms with Crippen LogP contribution in [0.25, 0.3) is 0 Å². The van der Waals surface area contributed by atoms with Crippen molar-refractivity contribution in [3.8, 4) is 0 Å². The number of rotatable bonds is 3. The topological polar surface area (TPSA) is 17.1 Å². The smallest absolute Gasteiger partial charge is 0.228 e. The van der Waals surface area contributed by atoms with Gasteiger partial charge in [-0.1, -0.05) is 6.92 Å². The van der Waals surface area contributed by atoms with Gasteiger partial charge in [-0.05, 0) is 45.9 Å². The van der Waals surface area contributed by atoms with E-state index in [1.165, 1.54) is 4.90 Å². The lowest BCUT2D eigenvalue weighted by molar-refractivity contribution is 0.109. The lowest BCUT2D eigenvalue weighted by Gasteiger charge is -1.98. The average Bonchev–Trinajstić information content (AvgIpc) is 2.06. The summed E-state index contributed by atoms with van der Waals surface area (Å²) in [6.45, 7) is 2.11. The SMILES string of the molecule is CCSc1ccc(C(=O)Br)cc1. The van der Waals surface area contributed by atoms with Gasteiger partial charge in [0.1, 0.15) is 0 Å². The van der Waals surface area contributed by atoms with Crippen molar-refractivity contribution >= 4 is 32.4 Å². The lowest BCUT2D eigenvalue weighted by atomic mass is 10.2. The van der Waals surface area contributed by atoms with E-state index >= 15 is 0 Å². The Kier molecular flexibility index (Phi) is 3.82. The molecule has 1 aromatic carbocycles. The molecule has 3 heteroatoms. The van der Waals surface area contributed by atoms with Crippen molar-refractivity contribution in [3.05, 3.63) is 29.8 Å². The molecule has 0 saturated carbocycles. The summed E-state index contributed by atoms with van der Waals surface area (Å²) in [5.74, 6) is 1.06. The van der Waals surface area contributed by atoms with E-state index in [2.05, 4.69) is 22.9 Å². The number of thioether (sulfide) groups is 1. The molecule has 0 radical (unpaired) electrons. The van der Waals surface area contributed by atoms with Crippen molar-refractivity contribution in [3.63, 3.8) is 0 Å². The van der Waals surface area contributed by atoms with E-state index < -0.39 is 0 Å². The van der Waals surface area contributed by atoms with Crippen molar-refractivity contribution in [2.24, 2.45) is 0 Å². The largest absolute Gasteiger partial charge is 0.281 e. The maximum absolute atomic E-state index is 10.8. The molecule has 0 saturated heterocycles. The molecule has 0 spiro atoms. The number of carbonyl (C=O) groups is 1. The predicted molar refractivity (Wildman–Crippen MR) is 56.1 cm³/mol. The Balaban J connectivity index is 2.78. The molecule has 0 aromatic heterocycles. The number of carbonyl (C=O) groups excluding carboxylic acids is 1. The van der Waals surface area contributed by atoms with Crippen LogP contribution in [0.1, 0.15) is 17.3 Å². The Morgan fingerprint density at radius 2 is 2.00 bits per heavy atom. The molecule has 12 heavy (non-hydrogen) atoms. The first-order valence-corrected chi connectivity index (χ1v) is 5.44. The van der Waals surface area contributed by atoms with Crippen molar-refractivity contribution in [2.45, 2.75) is 11.8 Å². The van der Waals surface area contributed by atoms with E-state index in [1.807, 2.05) is 24.3 Å². The Hall–Kier alpha value is -0.280. The molecular weight excluding hydrogens is 236 g/mol. The van der Waals surface area contributed by atoms with Gasteiger partial charge >= 0.3 is 0 Å². The van der Waals surface area contributed by atoms with Gasteiger partial charge < -0.3 is 0 Å². The van der Waals surface area contributed by atoms with Crippen molar-refractivity contribution < 1.29 is 4.79 Å². The molecule has 1 rings (SSSR count). The van der Waals surface area contributed by atoms with Crippen molar-refractivity contribution in [2.75, 3.05) is 5.75 Å². The minimum atomic E-state index is -0.0597. The molecule has 0 aliphatic heterocycles. The highest BCUT2D eigenvalue weighted by Crippen LogP contribution is 2.18. The molecule has 1 aromatic rings. The second-order valence-corrected chi connectivity index (χ2v) is 4.29. The third-order valence-corrected chi connectivity index (χ3v) is 2.74. The van der Waals surface area contributed by atoms with Gasteiger partial charge in [-0.15, -0.1) is 11.8 Å². The molecule has 0 atom stereocenters. The van der Waals surface area contributed by atoms with Gasteiger partial charge in [0.15, 0.2) is 0 Å². The highest BCUT2D eigenvalue weighted by Gasteiger charge is 1.99. The van der Waals surface area contributed by atoms with E-state index in [-0.39, 0.29) is 4.69 Å². The summed E-state index contributed by atoms with van der Waals surface area (Å²) >= 11 is 4.67. The van der Waals surface area contributed by atoms with Crippen LogP contribution in [0.2, 0.25) is 0 Å². The van der Waals surface area contributed by atoms with Crippen LogP contribution < -0.4 is 0 Å². The molecule has 0 aliphatic carbocycles. The van der Waals surface area contributed by atoms with Gasteiger partial charge in [0.2, 0.25) is 4.69 Å². The molecule has 64 valence electrons. The number of hydrogen-bond acceptors (Lipinski definition) is 2. The van der Waals surface area contributed by atoms with Gasteiger partial charge in [-0.25, -0.2) is 0 Å². The first-order valence-electron chi connectivity index (χ1n) is 3.66. The second kappa shape index (κ2) is 4.67. The van der Waals surface area contributed by atoms with Crippen LogP contribution in [0.5, 0.6) is 0 Å². The third-order valence-electron chi connectivity index (χ3n) is 1.39. The summed E-state index contributed by atoms with van der Waals surface area (Å²) in [6.07, 6.45) is 0. The summed E-state index contributed by atoms with van der Waals surface area (Å²) < 4.78 is -0.0597. The average molecular weight is 245 g/mol. The maximum Gasteiger partial charge on any atom is 0.228 e. The van der Waals surface area contributed by atoms with Crippen LogP contribution in [0, 0.1) is 0 Å². The number of halogens is 1. The van der Waals surface area contributed by atoms with Crippen LogP contribution in [-0.4, -0.2) is 10.4 Å². The molecule has 0 bridgehead atoms. The fourth-order valence-corrected chi connectivity index (χ4v) is 1.78. The third kappa shape index (κ3) is 2.64. The van der Waals surface area contributed by atoms with Crippen LogP contribution in [-0.2, 0) is 0 Å². The van der Waals surface area contributed by atoms with Crippen molar-refractivity contribution in [1.29, 1.82) is 0 Å². The molecule has 0 fully saturated rings. The Labute approximate surface area is 84.7 Å². The van der Waals surface area contributed by atoms with Gasteiger partial charge in [-0.3, -0.25) is 4.79 Å². The molecule has 0 unspecified atom stereocenters. The molecule has 1 nitrogen and oxygen atoms in total. The molecule has 0 aliphatic rings. The summed E-state index contributed by atoms with van der Waals surface area (Å²) in [5, 5.41) is 0. The van der Waals surface area contributed by atoms with E-state index in [9.17, 15) is 4.79 Å². The fourth-order valence-electron chi connectivity index (χ4n) is 0.849. The Morgan fingerprint density at radius 1 is 1.42 bits per heavy atom. The van der Waals surface area contributed by atoms with E-state index in [1.54, 1.807) is 11.8 Å². The van der Waals surface area contributed by atoms with Crippen LogP contribution in [0.4, 0.5) is 0 Å². The van der Waals surface area contributed by atoms with Gasteiger partial charge in [0.25, 0.3) is 0 Å². The first-order chi connectivity index (χ1) is 5.74. The second-order valence-electron chi connectivity index (χ2n) is 2.23. The van der Waals surface area contributed by atoms with Gasteiger partial charge in [0.05, 0.1) is 0 Å². The standard InChI is InChI=1S/C9H9BrOS/c1-2-12-8-5-3-7(4-6-8)9(10)11/h3-6H,2H2,1H3. The lowest BCUT2D eigenvalue weighted by Crippen LogP contribution is -1.86. The summed E-state index contributed by atoms with van der Waals surface area (Å²) in [5.41, 5.74) is 0.704. The normalized spacial score (nSPS) is 9.83. The summed E-state index contributed by atoms with van der Waals surface area (Å²) in [7, 11) is 0. The maximum atomic E-state index is 10.8. The molecular formula is C9H9BrOS. The van der Waals surface area contributed by atoms with E-state index in [0.717, 1.165) is 5.75 Å². The van der Waals surface area contributed by atoms with Crippen LogP contribution in [0.15, 0.2) is 29.2 Å². The summed E-state index contributed by atoms with van der Waals surface area (Å²) in [4.78, 5) is 12.0. The first kappa shape index (κ1) is 9.81. The predicted octanol–water partition coefficient (Wildman–Crippen LogP) is 3.33. The highest BCUT2D eigenvalue weighted by atomic mass is 79.9. The Morgan fingerprint density at radius 3 is 2.42 bits per heavy atom. The molecule has 0 N–H and O–H groups in total. The summed E-state index contributed by atoms with van der Waals surface area (Å²) in [6, 6.07) is 7.58. The van der Waals surface area contributed by atoms with E-state index in [4.69, 9.17) is 0 Å². The Bertz CT molecular complexity index is 268. The van der Waals surface area contributed by atoms with Crippen molar-refractivity contribution in [1.82, 2.24) is 0 Å². The molecule has 0 amide bonds. The van der Waals surface area contributed by atoms with Crippen LogP contribution >= 0.6 is 27.7 Å². The van der Waals surface area contributed by atoms with Crippen LogP contribution in [0.3, 0.4) is 0 Å². The zero-order chi connectivity index (χ0) is 8.97. The minimum absolute atomic E-state index is 0.0597. The van der Waals surface area contributed by atoms with Gasteiger partial charge in [0, 0.05) is 10.5 Å². The van der Waals surface area contributed by atoms with Gasteiger partial charge in [-0.2, -0.15) is 0 Å². The number of benzene rings is 1.